The fraction of sp³-hybridized carbons (Fsp3) is 0.952. The van der Waals surface area contributed by atoms with Crippen LogP contribution in [0.15, 0.2) is 0 Å². The molecule has 0 bridgehead atoms. The smallest absolute Gasteiger partial charge is 0.309 e. The number of unbranched alkanes of at least 4 members (excludes halogenated alkanes) is 10. The molecule has 6 saturated heterocycles. The Morgan fingerprint density at radius 1 is 0.489 bits per heavy atom. The van der Waals surface area contributed by atoms with E-state index < -0.39 is 184 Å². The first-order valence-corrected chi connectivity index (χ1v) is 33.3. The maximum atomic E-state index is 14.0. The normalized spacial score (nSPS) is 41.3. The molecule has 6 aliphatic rings. The second kappa shape index (κ2) is 37.5. The van der Waals surface area contributed by atoms with E-state index in [4.69, 9.17) is 61.6 Å². The molecule has 25 nitrogen and oxygen atoms in total. The van der Waals surface area contributed by atoms with E-state index in [1.807, 2.05) is 0 Å². The lowest BCUT2D eigenvalue weighted by atomic mass is 9.95. The third kappa shape index (κ3) is 20.8. The standard InChI is InChI=1S/C63H110O25/c1-9-12-14-15-16-17-20-23-27-31-41(65)82-55-49(73)53(86-63-57(87-59-47(71)45(69)44(68)40(33-64)81-59)48(72)51(36(6)77-63)84-58(75)34(4)11-3)37(7)78-61(55)85-52-38(8)79-62-56(50(52)74)83-42(66)32-28-24-21-18-19-22-26-30-39(29-25-13-10-2)80-60-54(88-62)46(70)43(67)35(5)76-60/h34-40,43-57,59-64,67-74H,9-33H2,1-8H3/t34-,35-,36+,37+,38+,39+,40-,43-,44-,45+,46+,47-,48-,49-,50-,51+,52+,53+,54-,55-,56-,57-,59+,60+,61+,62+,63+/m1/s1. The third-order valence-corrected chi connectivity index (χ3v) is 18.2. The number of hydrogen-bond donors (Lipinski definition) is 9. The molecule has 25 heteroatoms. The number of ether oxygens (including phenoxy) is 13. The van der Waals surface area contributed by atoms with Gasteiger partial charge in [0.1, 0.15) is 79.4 Å². The van der Waals surface area contributed by atoms with E-state index in [-0.39, 0.29) is 18.9 Å². The largest absolute Gasteiger partial charge is 0.457 e. The van der Waals surface area contributed by atoms with Gasteiger partial charge in [-0.3, -0.25) is 14.4 Å². The van der Waals surface area contributed by atoms with Crippen LogP contribution in [0.3, 0.4) is 0 Å². The Hall–Kier alpha value is -2.35. The first-order valence-electron chi connectivity index (χ1n) is 33.3. The number of carbonyl (C=O) groups excluding carboxylic acids is 3. The van der Waals surface area contributed by atoms with E-state index in [2.05, 4.69) is 13.8 Å². The van der Waals surface area contributed by atoms with Crippen LogP contribution in [0.5, 0.6) is 0 Å². The molecule has 0 aliphatic carbocycles. The molecular formula is C63H110O25. The highest BCUT2D eigenvalue weighted by molar-refractivity contribution is 5.72. The van der Waals surface area contributed by atoms with E-state index in [0.717, 1.165) is 116 Å². The van der Waals surface area contributed by atoms with Crippen molar-refractivity contribution in [3.63, 3.8) is 0 Å². The predicted molar refractivity (Wildman–Crippen MR) is 312 cm³/mol. The van der Waals surface area contributed by atoms with Gasteiger partial charge in [-0.15, -0.1) is 0 Å². The van der Waals surface area contributed by atoms with Gasteiger partial charge in [0.2, 0.25) is 0 Å². The molecule has 0 saturated carbocycles. The van der Waals surface area contributed by atoms with E-state index >= 15 is 0 Å². The Kier molecular flexibility index (Phi) is 31.8. The quantitative estimate of drug-likeness (QED) is 0.0349. The number of carbonyl (C=O) groups is 3. The van der Waals surface area contributed by atoms with Crippen LogP contribution in [-0.4, -0.2) is 230 Å². The Bertz CT molecular complexity index is 2010. The maximum absolute atomic E-state index is 14.0. The summed E-state index contributed by atoms with van der Waals surface area (Å²) in [5, 5.41) is 102. The molecule has 0 aromatic carbocycles. The lowest BCUT2D eigenvalue weighted by Gasteiger charge is -2.50. The van der Waals surface area contributed by atoms with Gasteiger partial charge in [-0.2, -0.15) is 0 Å². The van der Waals surface area contributed by atoms with Crippen LogP contribution in [-0.2, 0) is 76.0 Å². The second-order valence-corrected chi connectivity index (χ2v) is 25.4. The van der Waals surface area contributed by atoms with Crippen LogP contribution in [0.25, 0.3) is 0 Å². The highest BCUT2D eigenvalue weighted by Gasteiger charge is 2.58. The topological polar surface area (TPSA) is 353 Å². The average Bonchev–Trinajstić information content (AvgIpc) is 1.07. The first-order chi connectivity index (χ1) is 42.1. The number of hydrogen-bond acceptors (Lipinski definition) is 25. The molecular weight excluding hydrogens is 1160 g/mol. The Labute approximate surface area is 519 Å². The van der Waals surface area contributed by atoms with Crippen LogP contribution in [0, 0.1) is 5.92 Å². The van der Waals surface area contributed by atoms with Crippen molar-refractivity contribution in [3.8, 4) is 0 Å². The molecule has 0 radical (unpaired) electrons. The molecule has 88 heavy (non-hydrogen) atoms. The molecule has 9 N–H and O–H groups in total. The van der Waals surface area contributed by atoms with Crippen molar-refractivity contribution in [3.05, 3.63) is 0 Å². The van der Waals surface area contributed by atoms with Crippen molar-refractivity contribution >= 4 is 17.9 Å². The molecule has 6 fully saturated rings. The summed E-state index contributed by atoms with van der Waals surface area (Å²) in [6.45, 7) is 13.0. The Morgan fingerprint density at radius 2 is 1.02 bits per heavy atom. The number of aliphatic hydroxyl groups is 9. The van der Waals surface area contributed by atoms with Gasteiger partial charge in [-0.05, 0) is 59.8 Å². The molecule has 512 valence electrons. The van der Waals surface area contributed by atoms with Crippen LogP contribution in [0.1, 0.15) is 209 Å². The van der Waals surface area contributed by atoms with Crippen LogP contribution < -0.4 is 0 Å². The summed E-state index contributed by atoms with van der Waals surface area (Å²) in [6.07, 6.45) is -19.9. The summed E-state index contributed by atoms with van der Waals surface area (Å²) in [5.74, 6) is -2.69. The van der Waals surface area contributed by atoms with E-state index in [1.54, 1.807) is 27.7 Å². The average molecular weight is 1270 g/mol. The fourth-order valence-electron chi connectivity index (χ4n) is 12.3. The summed E-state index contributed by atoms with van der Waals surface area (Å²) >= 11 is 0. The first kappa shape index (κ1) is 74.7. The zero-order chi connectivity index (χ0) is 64.2. The number of aliphatic hydroxyl groups excluding tert-OH is 9. The molecule has 6 aliphatic heterocycles. The van der Waals surface area contributed by atoms with Crippen molar-refractivity contribution in [2.45, 2.75) is 369 Å². The molecule has 6 rings (SSSR count). The highest BCUT2D eigenvalue weighted by Crippen LogP contribution is 2.39. The second-order valence-electron chi connectivity index (χ2n) is 25.4. The van der Waals surface area contributed by atoms with Gasteiger partial charge in [0.25, 0.3) is 0 Å². The van der Waals surface area contributed by atoms with Crippen LogP contribution in [0.2, 0.25) is 0 Å². The van der Waals surface area contributed by atoms with Crippen molar-refractivity contribution < 1.29 is 122 Å². The van der Waals surface area contributed by atoms with Gasteiger partial charge in [-0.25, -0.2) is 0 Å². The number of esters is 3. The molecule has 0 aromatic rings. The molecule has 0 amide bonds. The van der Waals surface area contributed by atoms with E-state index in [9.17, 15) is 60.3 Å². The molecule has 0 aromatic heterocycles. The minimum Gasteiger partial charge on any atom is -0.457 e. The zero-order valence-corrected chi connectivity index (χ0v) is 53.3. The van der Waals surface area contributed by atoms with Gasteiger partial charge in [0.15, 0.2) is 49.8 Å². The molecule has 27 atom stereocenters. The lowest BCUT2D eigenvalue weighted by Crippen LogP contribution is -2.67. The predicted octanol–water partition coefficient (Wildman–Crippen LogP) is 4.30. The SMILES string of the molecule is CCCCCCCCCCCC(=O)O[C@H]1[C@H](O[C@@H]2[C@@H](O)[C@H]3OC(=O)CCCCCCCCC[C@H](CCCCC)O[C@@H]4O[C@H](C)[C@@H](O)[C@H](O)[C@H]4O[C@@H]3O[C@H]2C)O[C@@H](C)[C@H](O[C@@H]2O[C@@H](C)[C@H](OC(=O)[C@H](C)CC)[C@@H](O)[C@H]2O[C@@H]2O[C@H](CO)[C@@H](O)[C@H](O)[C@H]2O)[C@H]1O. The van der Waals surface area contributed by atoms with Gasteiger partial charge in [0.05, 0.1) is 43.0 Å². The summed E-state index contributed by atoms with van der Waals surface area (Å²) < 4.78 is 81.2. The van der Waals surface area contributed by atoms with E-state index in [1.165, 1.54) is 20.3 Å². The van der Waals surface area contributed by atoms with Crippen molar-refractivity contribution in [1.29, 1.82) is 0 Å². The van der Waals surface area contributed by atoms with Gasteiger partial charge in [0, 0.05) is 12.8 Å². The van der Waals surface area contributed by atoms with Crippen molar-refractivity contribution in [2.24, 2.45) is 5.92 Å². The van der Waals surface area contributed by atoms with Crippen molar-refractivity contribution in [2.75, 3.05) is 6.61 Å². The van der Waals surface area contributed by atoms with Crippen molar-refractivity contribution in [1.82, 2.24) is 0 Å². The summed E-state index contributed by atoms with van der Waals surface area (Å²) in [5.41, 5.74) is 0. The van der Waals surface area contributed by atoms with E-state index in [0.29, 0.717) is 19.3 Å². The van der Waals surface area contributed by atoms with Crippen LogP contribution >= 0.6 is 0 Å². The third-order valence-electron chi connectivity index (χ3n) is 18.2. The number of rotatable bonds is 25. The molecule has 0 spiro atoms. The summed E-state index contributed by atoms with van der Waals surface area (Å²) in [4.78, 5) is 41.0. The zero-order valence-electron chi connectivity index (χ0n) is 53.3. The van der Waals surface area contributed by atoms with Gasteiger partial charge in [-0.1, -0.05) is 137 Å². The summed E-state index contributed by atoms with van der Waals surface area (Å²) in [7, 11) is 0. The molecule has 0 unspecified atom stereocenters. The number of fused-ring (bicyclic) bond motifs is 2. The lowest BCUT2D eigenvalue weighted by molar-refractivity contribution is -0.395. The minimum atomic E-state index is -1.96. The monoisotopic (exact) mass is 1270 g/mol. The van der Waals surface area contributed by atoms with Crippen LogP contribution in [0.4, 0.5) is 0 Å². The highest BCUT2D eigenvalue weighted by atomic mass is 16.8. The molecule has 6 heterocycles. The van der Waals surface area contributed by atoms with Gasteiger partial charge >= 0.3 is 17.9 Å². The maximum Gasteiger partial charge on any atom is 0.309 e. The summed E-state index contributed by atoms with van der Waals surface area (Å²) in [6, 6.07) is 0. The fourth-order valence-corrected chi connectivity index (χ4v) is 12.3. The Balaban J connectivity index is 1.29. The minimum absolute atomic E-state index is 0.0137. The Morgan fingerprint density at radius 3 is 1.67 bits per heavy atom. The van der Waals surface area contributed by atoms with Gasteiger partial charge < -0.3 is 108 Å².